The summed E-state index contributed by atoms with van der Waals surface area (Å²) < 4.78 is 4.24. The first-order valence-corrected chi connectivity index (χ1v) is 32.2. The highest BCUT2D eigenvalue weighted by Crippen LogP contribution is 2.06. The van der Waals surface area contributed by atoms with Crippen LogP contribution in [0.4, 0.5) is 0 Å². The van der Waals surface area contributed by atoms with Crippen molar-refractivity contribution in [3.05, 3.63) is 188 Å². The minimum Gasteiger partial charge on any atom is -0.336 e. The van der Waals surface area contributed by atoms with Gasteiger partial charge in [-0.1, -0.05) is 20.8 Å². The van der Waals surface area contributed by atoms with E-state index in [1.807, 2.05) is 85.5 Å². The molecular weight excluding hydrogens is 1360 g/mol. The number of aromatic nitrogens is 12. The van der Waals surface area contributed by atoms with Crippen LogP contribution >= 0.6 is 81.8 Å². The fraction of sp³-hybridized carbons (Fsp3) is 0.579. The number of rotatable bonds is 26. The van der Waals surface area contributed by atoms with E-state index in [1.54, 1.807) is 33.4 Å². The van der Waals surface area contributed by atoms with Crippen molar-refractivity contribution in [2.75, 3.05) is 117 Å². The molecule has 93 heavy (non-hydrogen) atoms. The maximum absolute atomic E-state index is 11.8. The van der Waals surface area contributed by atoms with Crippen LogP contribution in [-0.4, -0.2) is 205 Å². The molecule has 0 aliphatic heterocycles. The largest absolute Gasteiger partial charge is 0.336 e. The van der Waals surface area contributed by atoms with E-state index >= 15 is 0 Å². The first-order chi connectivity index (χ1) is 43.3. The highest BCUT2D eigenvalue weighted by Gasteiger charge is 2.14. The Bertz CT molecular complexity index is 3880. The second-order valence-electron chi connectivity index (χ2n) is 21.2. The molecule has 0 saturated heterocycles. The standard InChI is InChI=1S/C11H18ClN3O2.C10H16ClN3O2.2C9H14ClN3O2.C9H14ClN3OS.C8H12ClN3O2.CH4/c1-3-4-9-8(7-15(2)6-5-12)10(16)14-11(17)13-9;1-12(5-4-11)6-8-7-13(2)10(16)14(3)9(8)15;1-12(4-3-10)5-7-6-13(2)9(15)11-8(7)14;2*1-6-7(5-13(2)4-3-10)8(14)12-9(15)11-6;1-12(3-2-9)5-6-4-10-8(14)11-7(6)13;/h3-7H2,1-2H3,(H2,13,14,16,17);7H,4-6H2,1-3H3;6H,3-5H2,1-2H3,(H,11,14,15);2*3-5H2,1-2H3,(H2,11,12,14,15);4H,2-3,5H2,1H3,(H2,10,11,13,14);1H4. The molecule has 9 N–H and O–H groups in total. The lowest BCUT2D eigenvalue weighted by Gasteiger charge is -2.16. The van der Waals surface area contributed by atoms with Gasteiger partial charge in [0.1, 0.15) is 0 Å². The zero-order chi connectivity index (χ0) is 69.9. The normalized spacial score (nSPS) is 10.8. The minimum absolute atomic E-state index is 0. The van der Waals surface area contributed by atoms with Gasteiger partial charge in [0, 0.05) is 187 Å². The highest BCUT2D eigenvalue weighted by atomic mass is 35.5. The molecule has 0 bridgehead atoms. The van der Waals surface area contributed by atoms with Gasteiger partial charge in [0.15, 0.2) is 4.77 Å². The van der Waals surface area contributed by atoms with Crippen molar-refractivity contribution in [3.8, 4) is 0 Å². The molecule has 0 aliphatic carbocycles. The molecule has 6 aromatic rings. The Morgan fingerprint density at radius 2 is 0.796 bits per heavy atom. The molecule has 524 valence electrons. The first-order valence-electron chi connectivity index (χ1n) is 28.6. The average molecular weight is 1450 g/mol. The van der Waals surface area contributed by atoms with E-state index in [0.717, 1.165) is 28.9 Å². The van der Waals surface area contributed by atoms with Gasteiger partial charge in [0.2, 0.25) is 0 Å². The molecule has 0 amide bonds. The van der Waals surface area contributed by atoms with Gasteiger partial charge in [-0.15, -0.1) is 69.6 Å². The number of hydrogen-bond acceptors (Lipinski definition) is 18. The van der Waals surface area contributed by atoms with E-state index in [0.29, 0.717) is 158 Å². The second-order valence-corrected chi connectivity index (χ2v) is 23.9. The summed E-state index contributed by atoms with van der Waals surface area (Å²) in [7, 11) is 16.0. The quantitative estimate of drug-likeness (QED) is 0.0277. The summed E-state index contributed by atoms with van der Waals surface area (Å²) in [5.41, 5.74) is 1.91. The Labute approximate surface area is 573 Å². The van der Waals surface area contributed by atoms with Crippen molar-refractivity contribution in [2.24, 2.45) is 21.1 Å². The molecule has 0 aromatic carbocycles. The Balaban J connectivity index is 0.00000109. The van der Waals surface area contributed by atoms with Crippen LogP contribution in [0.25, 0.3) is 0 Å². The summed E-state index contributed by atoms with van der Waals surface area (Å²) in [5.74, 6) is 3.12. The van der Waals surface area contributed by atoms with Crippen LogP contribution in [0.15, 0.2) is 71.3 Å². The zero-order valence-electron chi connectivity index (χ0n) is 54.1. The molecule has 6 aromatic heterocycles. The van der Waals surface area contributed by atoms with Crippen LogP contribution in [-0.2, 0) is 66.8 Å². The lowest BCUT2D eigenvalue weighted by atomic mass is 10.1. The molecule has 6 rings (SSSR count). The van der Waals surface area contributed by atoms with Crippen LogP contribution in [0.1, 0.15) is 71.2 Å². The molecule has 0 spiro atoms. The number of H-pyrrole nitrogens is 9. The topological polar surface area (TPSA) is 364 Å². The fourth-order valence-electron chi connectivity index (χ4n) is 8.12. The number of nitrogens with one attached hydrogen (secondary N) is 9. The Morgan fingerprint density at radius 3 is 1.23 bits per heavy atom. The van der Waals surface area contributed by atoms with E-state index in [2.05, 4.69) is 44.9 Å². The summed E-state index contributed by atoms with van der Waals surface area (Å²) >= 11 is 38.4. The van der Waals surface area contributed by atoms with Gasteiger partial charge in [-0.2, -0.15) is 0 Å². The molecule has 0 saturated carbocycles. The molecule has 29 nitrogen and oxygen atoms in total. The lowest BCUT2D eigenvalue weighted by molar-refractivity contribution is 0.343. The maximum atomic E-state index is 11.8. The van der Waals surface area contributed by atoms with Gasteiger partial charge in [-0.3, -0.25) is 58.3 Å². The Hall–Kier alpha value is -6.00. The van der Waals surface area contributed by atoms with Gasteiger partial charge in [0.25, 0.3) is 33.4 Å². The monoisotopic (exact) mass is 1450 g/mol. The predicted octanol–water partition coefficient (Wildman–Crippen LogP) is 2.01. The van der Waals surface area contributed by atoms with Crippen molar-refractivity contribution in [3.63, 3.8) is 0 Å². The van der Waals surface area contributed by atoms with Crippen molar-refractivity contribution in [1.29, 1.82) is 0 Å². The molecule has 6 heterocycles. The van der Waals surface area contributed by atoms with E-state index < -0.39 is 22.8 Å². The van der Waals surface area contributed by atoms with Crippen LogP contribution in [0.3, 0.4) is 0 Å². The van der Waals surface area contributed by atoms with Gasteiger partial charge in [0.05, 0.1) is 16.7 Å². The molecule has 0 unspecified atom stereocenters. The molecule has 0 fully saturated rings. The van der Waals surface area contributed by atoms with Crippen LogP contribution in [0.2, 0.25) is 0 Å². The third kappa shape index (κ3) is 32.8. The summed E-state index contributed by atoms with van der Waals surface area (Å²) in [6.07, 6.45) is 6.13. The molecule has 0 aliphatic rings. The summed E-state index contributed by atoms with van der Waals surface area (Å²) in [5, 5.41) is 0. The predicted molar refractivity (Wildman–Crippen MR) is 377 cm³/mol. The summed E-state index contributed by atoms with van der Waals surface area (Å²) in [6.45, 7) is 12.8. The molecule has 36 heteroatoms. The molecule has 0 radical (unpaired) electrons. The number of aryl methyl sites for hydroxylation is 5. The number of nitrogens with zero attached hydrogens (tertiary/aromatic N) is 9. The Morgan fingerprint density at radius 1 is 0.430 bits per heavy atom. The van der Waals surface area contributed by atoms with Crippen molar-refractivity contribution < 1.29 is 0 Å². The third-order valence-corrected chi connectivity index (χ3v) is 14.4. The molecule has 0 atom stereocenters. The summed E-state index contributed by atoms with van der Waals surface area (Å²) in [4.78, 5) is 158. The van der Waals surface area contributed by atoms with E-state index in [4.69, 9.17) is 81.8 Å². The smallest absolute Gasteiger partial charge is 0.330 e. The lowest BCUT2D eigenvalue weighted by Crippen LogP contribution is -2.39. The van der Waals surface area contributed by atoms with Crippen LogP contribution < -0.4 is 61.8 Å². The van der Waals surface area contributed by atoms with Gasteiger partial charge >= 0.3 is 28.4 Å². The van der Waals surface area contributed by atoms with E-state index in [9.17, 15) is 52.7 Å². The van der Waals surface area contributed by atoms with Crippen molar-refractivity contribution in [1.82, 2.24) is 88.0 Å². The second kappa shape index (κ2) is 46.2. The fourth-order valence-corrected chi connectivity index (χ4v) is 10.1. The highest BCUT2D eigenvalue weighted by molar-refractivity contribution is 7.71. The van der Waals surface area contributed by atoms with Crippen molar-refractivity contribution >= 4 is 81.8 Å². The third-order valence-electron chi connectivity index (χ3n) is 13.1. The average Bonchev–Trinajstić information content (AvgIpc) is 0.973. The maximum Gasteiger partial charge on any atom is 0.330 e. The minimum atomic E-state index is -0.487. The van der Waals surface area contributed by atoms with Crippen LogP contribution in [0, 0.1) is 18.6 Å². The van der Waals surface area contributed by atoms with Crippen molar-refractivity contribution in [2.45, 2.75) is 80.3 Å². The SMILES string of the molecule is C.CCCc1[nH]c(=O)[nH]c(=O)c1CN(C)CCCl.CN(CCCl)Cc1c[nH]c(=O)[nH]c1=O.CN(CCCl)Cc1cn(C)c(=O)[nH]c1=O.CN(CCCl)Cc1cn(C)c(=O)n(C)c1=O.Cc1[nH]c(=O)[nH]c(=O)c1CN(C)CCCl.Cc1[nH]c(=S)[nH]c(=O)c1CN(C)CCCl. The molecular formula is C57H92Cl6N18O11S. The number of halogens is 6. The van der Waals surface area contributed by atoms with E-state index in [-0.39, 0.29) is 46.5 Å². The number of alkyl halides is 6. The number of aromatic amines is 9. The number of hydrogen-bond donors (Lipinski definition) is 9. The first kappa shape index (κ1) is 87.0. The van der Waals surface area contributed by atoms with Gasteiger partial charge in [-0.05, 0) is 74.8 Å². The Kier molecular flexibility index (Phi) is 43.2. The summed E-state index contributed by atoms with van der Waals surface area (Å²) in [6, 6.07) is 0. The van der Waals surface area contributed by atoms with Gasteiger partial charge in [-0.25, -0.2) is 24.0 Å². The van der Waals surface area contributed by atoms with E-state index in [1.165, 1.54) is 22.4 Å². The zero-order valence-corrected chi connectivity index (χ0v) is 59.4. The van der Waals surface area contributed by atoms with Crippen LogP contribution in [0.5, 0.6) is 0 Å². The van der Waals surface area contributed by atoms with Gasteiger partial charge < -0.3 is 58.5 Å².